The number of phenolic OH excluding ortho intramolecular Hbond substituents is 1. The van der Waals surface area contributed by atoms with Crippen molar-refractivity contribution in [1.82, 2.24) is 10.6 Å². The summed E-state index contributed by atoms with van der Waals surface area (Å²) in [5, 5.41) is 15.2. The molecule has 1 aliphatic rings. The number of urea groups is 1. The molecule has 1 saturated carbocycles. The fourth-order valence-corrected chi connectivity index (χ4v) is 3.65. The molecule has 0 heterocycles. The van der Waals surface area contributed by atoms with E-state index in [0.717, 1.165) is 24.4 Å². The molecule has 132 valence electrons. The number of nitrogens with one attached hydrogen (secondary N) is 2. The van der Waals surface area contributed by atoms with Crippen LogP contribution in [0, 0.1) is 11.8 Å². The Morgan fingerprint density at radius 3 is 2.52 bits per heavy atom. The molecule has 0 aromatic heterocycles. The van der Waals surface area contributed by atoms with E-state index in [1.54, 1.807) is 18.2 Å². The molecule has 3 N–H and O–H groups in total. The van der Waals surface area contributed by atoms with Crippen molar-refractivity contribution in [3.8, 4) is 5.75 Å². The number of phenols is 1. The van der Waals surface area contributed by atoms with Crippen LogP contribution in [0.3, 0.4) is 0 Å². The van der Waals surface area contributed by atoms with Gasteiger partial charge in [-0.1, -0.05) is 42.5 Å². The van der Waals surface area contributed by atoms with Crippen LogP contribution < -0.4 is 10.6 Å². The molecule has 0 bridgehead atoms. The Morgan fingerprint density at radius 2 is 1.72 bits per heavy atom. The molecule has 3 rings (SSSR count). The highest BCUT2D eigenvalue weighted by Crippen LogP contribution is 2.32. The molecule has 2 amide bonds. The Labute approximate surface area is 149 Å². The van der Waals surface area contributed by atoms with Crippen molar-refractivity contribution in [2.45, 2.75) is 32.2 Å². The van der Waals surface area contributed by atoms with Gasteiger partial charge in [0.2, 0.25) is 0 Å². The summed E-state index contributed by atoms with van der Waals surface area (Å²) in [5.41, 5.74) is 2.30. The molecule has 0 aliphatic heterocycles. The Morgan fingerprint density at radius 1 is 0.960 bits per heavy atom. The van der Waals surface area contributed by atoms with E-state index in [-0.39, 0.29) is 11.8 Å². The number of amides is 2. The van der Waals surface area contributed by atoms with Crippen LogP contribution in [0.25, 0.3) is 0 Å². The topological polar surface area (TPSA) is 61.4 Å². The summed E-state index contributed by atoms with van der Waals surface area (Å²) < 4.78 is 0. The van der Waals surface area contributed by atoms with E-state index < -0.39 is 0 Å². The van der Waals surface area contributed by atoms with E-state index in [4.69, 9.17) is 0 Å². The van der Waals surface area contributed by atoms with Gasteiger partial charge in [-0.25, -0.2) is 4.79 Å². The largest absolute Gasteiger partial charge is 0.508 e. The number of carbonyl (C=O) groups is 1. The Hall–Kier alpha value is -2.49. The fraction of sp³-hybridized carbons (Fsp3) is 0.381. The number of carbonyl (C=O) groups excluding carboxylic acids is 1. The van der Waals surface area contributed by atoms with E-state index in [9.17, 15) is 9.90 Å². The Balaban J connectivity index is 1.35. The molecule has 2 aromatic rings. The summed E-state index contributed by atoms with van der Waals surface area (Å²) in [6.07, 6.45) is 4.75. The Bertz CT molecular complexity index is 687. The van der Waals surface area contributed by atoms with E-state index >= 15 is 0 Å². The van der Waals surface area contributed by atoms with Crippen LogP contribution in [-0.4, -0.2) is 17.7 Å². The van der Waals surface area contributed by atoms with E-state index in [1.165, 1.54) is 24.8 Å². The van der Waals surface area contributed by atoms with Crippen LogP contribution in [0.4, 0.5) is 4.79 Å². The van der Waals surface area contributed by atoms with E-state index in [0.29, 0.717) is 12.5 Å². The van der Waals surface area contributed by atoms with Gasteiger partial charge in [0.15, 0.2) is 0 Å². The van der Waals surface area contributed by atoms with Gasteiger partial charge in [-0.05, 0) is 60.8 Å². The first kappa shape index (κ1) is 17.3. The average molecular weight is 338 g/mol. The van der Waals surface area contributed by atoms with Crippen LogP contribution in [0.15, 0.2) is 54.6 Å². The monoisotopic (exact) mass is 338 g/mol. The summed E-state index contributed by atoms with van der Waals surface area (Å²) in [7, 11) is 0. The van der Waals surface area contributed by atoms with Crippen LogP contribution >= 0.6 is 0 Å². The lowest BCUT2D eigenvalue weighted by Crippen LogP contribution is -2.37. The van der Waals surface area contributed by atoms with Gasteiger partial charge < -0.3 is 15.7 Å². The smallest absolute Gasteiger partial charge is 0.315 e. The lowest BCUT2D eigenvalue weighted by Gasteiger charge is -2.13. The van der Waals surface area contributed by atoms with E-state index in [1.807, 2.05) is 6.07 Å². The maximum absolute atomic E-state index is 11.9. The molecule has 2 unspecified atom stereocenters. The third-order valence-corrected chi connectivity index (χ3v) is 4.93. The molecule has 0 radical (unpaired) electrons. The molecule has 0 saturated heterocycles. The Kier molecular flexibility index (Phi) is 5.94. The molecule has 2 aromatic carbocycles. The van der Waals surface area contributed by atoms with Crippen molar-refractivity contribution in [2.24, 2.45) is 11.8 Å². The first-order valence-corrected chi connectivity index (χ1v) is 9.02. The second kappa shape index (κ2) is 8.56. The van der Waals surface area contributed by atoms with Gasteiger partial charge in [-0.3, -0.25) is 0 Å². The van der Waals surface area contributed by atoms with Gasteiger partial charge in [0.25, 0.3) is 0 Å². The van der Waals surface area contributed by atoms with Crippen molar-refractivity contribution in [3.05, 3.63) is 65.7 Å². The molecule has 1 fully saturated rings. The van der Waals surface area contributed by atoms with Crippen molar-refractivity contribution in [1.29, 1.82) is 0 Å². The van der Waals surface area contributed by atoms with Gasteiger partial charge in [-0.15, -0.1) is 0 Å². The van der Waals surface area contributed by atoms with Gasteiger partial charge >= 0.3 is 6.03 Å². The predicted octanol–water partition coefficient (Wildman–Crippen LogP) is 3.85. The zero-order valence-corrected chi connectivity index (χ0v) is 14.4. The van der Waals surface area contributed by atoms with Crippen LogP contribution in [0.2, 0.25) is 0 Å². The minimum Gasteiger partial charge on any atom is -0.508 e. The third kappa shape index (κ3) is 5.52. The quantitative estimate of drug-likeness (QED) is 0.749. The molecule has 25 heavy (non-hydrogen) atoms. The van der Waals surface area contributed by atoms with Crippen LogP contribution in [0.5, 0.6) is 5.75 Å². The zero-order valence-electron chi connectivity index (χ0n) is 14.4. The number of benzene rings is 2. The second-order valence-corrected chi connectivity index (χ2v) is 6.97. The SMILES string of the molecule is O=C(NCc1cccc(O)c1)NCC1CCC(Cc2ccccc2)C1. The van der Waals surface area contributed by atoms with Crippen molar-refractivity contribution < 1.29 is 9.90 Å². The normalized spacial score (nSPS) is 19.5. The molecule has 4 nitrogen and oxygen atoms in total. The van der Waals surface area contributed by atoms with Gasteiger partial charge in [-0.2, -0.15) is 0 Å². The molecular formula is C21H26N2O2. The standard InChI is InChI=1S/C21H26N2O2/c24-20-8-4-7-18(13-20)14-22-21(25)23-15-19-10-9-17(12-19)11-16-5-2-1-3-6-16/h1-8,13,17,19,24H,9-12,14-15H2,(H2,22,23,25). The summed E-state index contributed by atoms with van der Waals surface area (Å²) in [6, 6.07) is 17.4. The first-order valence-electron chi connectivity index (χ1n) is 9.02. The van der Waals surface area contributed by atoms with Gasteiger partial charge in [0.1, 0.15) is 5.75 Å². The zero-order chi connectivity index (χ0) is 17.5. The summed E-state index contributed by atoms with van der Waals surface area (Å²) >= 11 is 0. The lowest BCUT2D eigenvalue weighted by atomic mass is 9.97. The summed E-state index contributed by atoms with van der Waals surface area (Å²) in [5.74, 6) is 1.51. The fourth-order valence-electron chi connectivity index (χ4n) is 3.65. The first-order chi connectivity index (χ1) is 12.2. The highest BCUT2D eigenvalue weighted by molar-refractivity contribution is 5.73. The summed E-state index contributed by atoms with van der Waals surface area (Å²) in [6.45, 7) is 1.15. The molecule has 1 aliphatic carbocycles. The third-order valence-electron chi connectivity index (χ3n) is 4.93. The maximum atomic E-state index is 11.9. The molecular weight excluding hydrogens is 312 g/mol. The van der Waals surface area contributed by atoms with Gasteiger partial charge in [0.05, 0.1) is 0 Å². The molecule has 4 heteroatoms. The van der Waals surface area contributed by atoms with Crippen molar-refractivity contribution in [3.63, 3.8) is 0 Å². The van der Waals surface area contributed by atoms with Gasteiger partial charge in [0, 0.05) is 13.1 Å². The molecule has 2 atom stereocenters. The highest BCUT2D eigenvalue weighted by Gasteiger charge is 2.24. The summed E-state index contributed by atoms with van der Waals surface area (Å²) in [4.78, 5) is 11.9. The van der Waals surface area contributed by atoms with Crippen molar-refractivity contribution >= 4 is 6.03 Å². The minimum atomic E-state index is -0.144. The van der Waals surface area contributed by atoms with Crippen LogP contribution in [-0.2, 0) is 13.0 Å². The second-order valence-electron chi connectivity index (χ2n) is 6.97. The number of rotatable bonds is 6. The van der Waals surface area contributed by atoms with Crippen LogP contribution in [0.1, 0.15) is 30.4 Å². The van der Waals surface area contributed by atoms with E-state index in [2.05, 4.69) is 41.0 Å². The number of hydrogen-bond acceptors (Lipinski definition) is 2. The maximum Gasteiger partial charge on any atom is 0.315 e. The average Bonchev–Trinajstić information content (AvgIpc) is 3.06. The van der Waals surface area contributed by atoms with Crippen molar-refractivity contribution in [2.75, 3.05) is 6.54 Å². The minimum absolute atomic E-state index is 0.144. The number of aromatic hydroxyl groups is 1. The predicted molar refractivity (Wildman–Crippen MR) is 99.3 cm³/mol. The highest BCUT2D eigenvalue weighted by atomic mass is 16.3. The number of hydrogen-bond donors (Lipinski definition) is 3. The lowest BCUT2D eigenvalue weighted by molar-refractivity contribution is 0.238. The molecule has 0 spiro atoms.